The van der Waals surface area contributed by atoms with Crippen molar-refractivity contribution in [3.63, 3.8) is 0 Å². The van der Waals surface area contributed by atoms with E-state index in [1.54, 1.807) is 6.20 Å². The Bertz CT molecular complexity index is 1210. The van der Waals surface area contributed by atoms with Gasteiger partial charge in [-0.2, -0.15) is 0 Å². The normalized spacial score (nSPS) is 14.9. The fraction of sp³-hybridized carbons (Fsp3) is 0.391. The van der Waals surface area contributed by atoms with Crippen LogP contribution in [0.15, 0.2) is 30.5 Å². The van der Waals surface area contributed by atoms with E-state index < -0.39 is 78.7 Å². The number of primary amides is 1. The second-order valence-electron chi connectivity index (χ2n) is 8.63. The fourth-order valence-electron chi connectivity index (χ4n) is 3.62. The fourth-order valence-corrected chi connectivity index (χ4v) is 3.62. The van der Waals surface area contributed by atoms with Gasteiger partial charge in [0.15, 0.2) is 6.04 Å². The minimum absolute atomic E-state index is 0.0702. The third-order valence-electron chi connectivity index (χ3n) is 5.55. The molecule has 0 radical (unpaired) electrons. The number of hydrogen-bond donors (Lipinski definition) is 9. The predicted molar refractivity (Wildman–Crippen MR) is 131 cm³/mol. The summed E-state index contributed by atoms with van der Waals surface area (Å²) in [6, 6.07) is 0.917. The molecular weight excluding hydrogens is 504 g/mol. The molecule has 5 atom stereocenters. The van der Waals surface area contributed by atoms with Gasteiger partial charge in [0.1, 0.15) is 12.1 Å². The van der Waals surface area contributed by atoms with Crippen LogP contribution in [-0.2, 0) is 35.2 Å². The molecule has 2 rings (SSSR count). The standard InChI is InChI=1S/C23H30N6O9/c1-10(30)19(23(37)38)29-22(36)16(8-18(32)33)28-21(35)15(7-17(25)31)27-20(34)13(24)6-11-9-26-14-5-3-2-4-12(11)14/h2-5,9-10,13,15-16,19,26,30H,6-8,24H2,1H3,(H2,25,31)(H,27,34)(H,28,35)(H,29,36)(H,32,33)(H,37,38). The number of fused-ring (bicyclic) bond motifs is 1. The summed E-state index contributed by atoms with van der Waals surface area (Å²) in [5.74, 6) is -7.30. The van der Waals surface area contributed by atoms with Gasteiger partial charge in [-0.3, -0.25) is 24.0 Å². The van der Waals surface area contributed by atoms with E-state index in [0.717, 1.165) is 23.4 Å². The first-order valence-corrected chi connectivity index (χ1v) is 11.4. The molecule has 4 amide bonds. The summed E-state index contributed by atoms with van der Waals surface area (Å²) in [5, 5.41) is 35.0. The van der Waals surface area contributed by atoms with Gasteiger partial charge < -0.3 is 47.7 Å². The zero-order valence-corrected chi connectivity index (χ0v) is 20.3. The van der Waals surface area contributed by atoms with Crippen LogP contribution in [-0.4, -0.2) is 86.1 Å². The number of benzene rings is 1. The van der Waals surface area contributed by atoms with E-state index in [1.165, 1.54) is 0 Å². The third kappa shape index (κ3) is 8.28. The average Bonchev–Trinajstić information content (AvgIpc) is 3.23. The number of hydrogen-bond acceptors (Lipinski definition) is 8. The lowest BCUT2D eigenvalue weighted by Crippen LogP contribution is -2.59. The first-order valence-electron chi connectivity index (χ1n) is 11.4. The summed E-state index contributed by atoms with van der Waals surface area (Å²) >= 11 is 0. The van der Waals surface area contributed by atoms with Crippen molar-refractivity contribution in [1.29, 1.82) is 0 Å². The first kappa shape index (κ1) is 29.7. The van der Waals surface area contributed by atoms with Crippen molar-refractivity contribution < 1.29 is 44.1 Å². The number of nitrogens with two attached hydrogens (primary N) is 2. The summed E-state index contributed by atoms with van der Waals surface area (Å²) in [7, 11) is 0. The van der Waals surface area contributed by atoms with Crippen molar-refractivity contribution in [2.45, 2.75) is 56.5 Å². The zero-order valence-electron chi connectivity index (χ0n) is 20.3. The Morgan fingerprint density at radius 2 is 1.50 bits per heavy atom. The minimum atomic E-state index is -1.81. The van der Waals surface area contributed by atoms with Gasteiger partial charge in [0, 0.05) is 17.1 Å². The number of nitrogens with one attached hydrogen (secondary N) is 4. The Hall–Kier alpha value is -4.50. The Morgan fingerprint density at radius 1 is 0.921 bits per heavy atom. The van der Waals surface area contributed by atoms with E-state index in [2.05, 4.69) is 15.6 Å². The second kappa shape index (κ2) is 13.2. The number of carboxylic acid groups (broad SMARTS) is 2. The molecule has 2 aromatic rings. The molecule has 0 saturated carbocycles. The molecular formula is C23H30N6O9. The summed E-state index contributed by atoms with van der Waals surface area (Å²) in [6.07, 6.45) is -1.47. The van der Waals surface area contributed by atoms with Gasteiger partial charge in [0.2, 0.25) is 23.6 Å². The maximum Gasteiger partial charge on any atom is 0.328 e. The van der Waals surface area contributed by atoms with Gasteiger partial charge in [-0.25, -0.2) is 4.79 Å². The molecule has 206 valence electrons. The number of carbonyl (C=O) groups excluding carboxylic acids is 4. The van der Waals surface area contributed by atoms with Crippen LogP contribution in [0.3, 0.4) is 0 Å². The van der Waals surface area contributed by atoms with E-state index in [0.29, 0.717) is 0 Å². The number of rotatable bonds is 14. The number of carbonyl (C=O) groups is 6. The molecule has 0 aliphatic carbocycles. The number of para-hydroxylation sites is 1. The summed E-state index contributed by atoms with van der Waals surface area (Å²) in [6.45, 7) is 1.09. The molecule has 0 aliphatic heterocycles. The second-order valence-corrected chi connectivity index (χ2v) is 8.63. The molecule has 0 spiro atoms. The van der Waals surface area contributed by atoms with Crippen LogP contribution in [0.4, 0.5) is 0 Å². The van der Waals surface area contributed by atoms with Crippen LogP contribution in [0.2, 0.25) is 0 Å². The lowest BCUT2D eigenvalue weighted by atomic mass is 10.0. The van der Waals surface area contributed by atoms with E-state index in [-0.39, 0.29) is 6.42 Å². The van der Waals surface area contributed by atoms with E-state index in [4.69, 9.17) is 21.7 Å². The smallest absolute Gasteiger partial charge is 0.328 e. The van der Waals surface area contributed by atoms with Crippen molar-refractivity contribution in [2.24, 2.45) is 11.5 Å². The lowest BCUT2D eigenvalue weighted by Gasteiger charge is -2.24. The highest BCUT2D eigenvalue weighted by atomic mass is 16.4. The lowest BCUT2D eigenvalue weighted by molar-refractivity contribution is -0.146. The Balaban J connectivity index is 2.15. The van der Waals surface area contributed by atoms with Crippen LogP contribution >= 0.6 is 0 Å². The number of H-pyrrole nitrogens is 1. The predicted octanol–water partition coefficient (Wildman–Crippen LogP) is -2.69. The van der Waals surface area contributed by atoms with Crippen molar-refractivity contribution in [3.8, 4) is 0 Å². The summed E-state index contributed by atoms with van der Waals surface area (Å²) in [4.78, 5) is 75.2. The third-order valence-corrected chi connectivity index (χ3v) is 5.55. The van der Waals surface area contributed by atoms with Crippen LogP contribution < -0.4 is 27.4 Å². The molecule has 15 nitrogen and oxygen atoms in total. The molecule has 5 unspecified atom stereocenters. The van der Waals surface area contributed by atoms with Crippen molar-refractivity contribution >= 4 is 46.5 Å². The van der Waals surface area contributed by atoms with Gasteiger partial charge in [-0.1, -0.05) is 18.2 Å². The number of aliphatic carboxylic acids is 2. The number of aromatic nitrogens is 1. The van der Waals surface area contributed by atoms with Gasteiger partial charge in [0.25, 0.3) is 0 Å². The Kier molecular flexibility index (Phi) is 10.3. The molecule has 0 aliphatic rings. The Morgan fingerprint density at radius 3 is 2.08 bits per heavy atom. The molecule has 0 bridgehead atoms. The number of amides is 4. The molecule has 1 heterocycles. The molecule has 1 aromatic carbocycles. The monoisotopic (exact) mass is 534 g/mol. The number of carboxylic acids is 2. The first-order chi connectivity index (χ1) is 17.8. The topological polar surface area (TPSA) is 267 Å². The van der Waals surface area contributed by atoms with Gasteiger partial charge in [-0.05, 0) is 25.0 Å². The van der Waals surface area contributed by atoms with Gasteiger partial charge in [0.05, 0.1) is 25.0 Å². The molecule has 0 saturated heterocycles. The molecule has 0 fully saturated rings. The molecule has 1 aromatic heterocycles. The van der Waals surface area contributed by atoms with Crippen LogP contribution in [0.25, 0.3) is 10.9 Å². The van der Waals surface area contributed by atoms with Crippen molar-refractivity contribution in [2.75, 3.05) is 0 Å². The van der Waals surface area contributed by atoms with Crippen LogP contribution in [0.1, 0.15) is 25.3 Å². The maximum atomic E-state index is 12.9. The molecule has 11 N–H and O–H groups in total. The highest BCUT2D eigenvalue weighted by Gasteiger charge is 2.33. The number of aliphatic hydroxyl groups is 1. The maximum absolute atomic E-state index is 12.9. The minimum Gasteiger partial charge on any atom is -0.481 e. The zero-order chi connectivity index (χ0) is 28.6. The summed E-state index contributed by atoms with van der Waals surface area (Å²) in [5.41, 5.74) is 12.7. The van der Waals surface area contributed by atoms with Crippen LogP contribution in [0.5, 0.6) is 0 Å². The highest BCUT2D eigenvalue weighted by Crippen LogP contribution is 2.18. The van der Waals surface area contributed by atoms with Crippen molar-refractivity contribution in [1.82, 2.24) is 20.9 Å². The number of aromatic amines is 1. The average molecular weight is 535 g/mol. The van der Waals surface area contributed by atoms with Crippen molar-refractivity contribution in [3.05, 3.63) is 36.0 Å². The molecule has 15 heteroatoms. The Labute approximate surface area is 215 Å². The quantitative estimate of drug-likeness (QED) is 0.121. The summed E-state index contributed by atoms with van der Waals surface area (Å²) < 4.78 is 0. The molecule has 38 heavy (non-hydrogen) atoms. The van der Waals surface area contributed by atoms with Gasteiger partial charge >= 0.3 is 11.9 Å². The van der Waals surface area contributed by atoms with E-state index in [9.17, 15) is 33.9 Å². The van der Waals surface area contributed by atoms with Gasteiger partial charge in [-0.15, -0.1) is 0 Å². The largest absolute Gasteiger partial charge is 0.481 e. The van der Waals surface area contributed by atoms with E-state index >= 15 is 0 Å². The highest BCUT2D eigenvalue weighted by molar-refractivity contribution is 5.97. The van der Waals surface area contributed by atoms with E-state index in [1.807, 2.05) is 29.6 Å². The van der Waals surface area contributed by atoms with Crippen LogP contribution in [0, 0.1) is 0 Å². The number of aliphatic hydroxyl groups excluding tert-OH is 1. The SMILES string of the molecule is CC(O)C(NC(=O)C(CC(=O)O)NC(=O)C(CC(N)=O)NC(=O)C(N)Cc1c[nH]c2ccccc12)C(=O)O.